The summed E-state index contributed by atoms with van der Waals surface area (Å²) in [6.45, 7) is 1.69. The molecule has 2 rings (SSSR count). The van der Waals surface area contributed by atoms with Gasteiger partial charge in [0.1, 0.15) is 0 Å². The summed E-state index contributed by atoms with van der Waals surface area (Å²) in [6, 6.07) is 0. The maximum Gasteiger partial charge on any atom is 0.220 e. The molecule has 0 spiro atoms. The lowest BCUT2D eigenvalue weighted by atomic mass is 9.86. The summed E-state index contributed by atoms with van der Waals surface area (Å²) in [4.78, 5) is 15.7. The number of rotatable bonds is 7. The quantitative estimate of drug-likeness (QED) is 0.769. The zero-order chi connectivity index (χ0) is 13.3. The molecule has 0 bridgehead atoms. The minimum Gasteiger partial charge on any atom is -0.356 e. The molecule has 0 radical (unpaired) electrons. The van der Waals surface area contributed by atoms with Gasteiger partial charge >= 0.3 is 0 Å². The Morgan fingerprint density at radius 2 is 2.16 bits per heavy atom. The summed E-state index contributed by atoms with van der Waals surface area (Å²) in [7, 11) is 0. The minimum absolute atomic E-state index is 0.219. The lowest BCUT2D eigenvalue weighted by Gasteiger charge is -2.20. The number of nitrogens with zero attached hydrogens (tertiary/aromatic N) is 2. The van der Waals surface area contributed by atoms with Crippen molar-refractivity contribution in [2.24, 2.45) is 5.92 Å². The molecule has 1 fully saturated rings. The van der Waals surface area contributed by atoms with E-state index in [9.17, 15) is 4.79 Å². The van der Waals surface area contributed by atoms with Crippen molar-refractivity contribution in [3.63, 3.8) is 0 Å². The fourth-order valence-electron chi connectivity index (χ4n) is 2.81. The summed E-state index contributed by atoms with van der Waals surface area (Å²) in [5.74, 6) is 1.02. The van der Waals surface area contributed by atoms with Gasteiger partial charge in [-0.2, -0.15) is 0 Å². The van der Waals surface area contributed by atoms with E-state index in [1.165, 1.54) is 32.1 Å². The van der Waals surface area contributed by atoms with E-state index in [2.05, 4.69) is 10.3 Å². The maximum absolute atomic E-state index is 11.7. The summed E-state index contributed by atoms with van der Waals surface area (Å²) in [5.41, 5.74) is 0. The zero-order valence-electron chi connectivity index (χ0n) is 11.7. The van der Waals surface area contributed by atoms with Crippen molar-refractivity contribution in [3.05, 3.63) is 18.7 Å². The topological polar surface area (TPSA) is 46.9 Å². The average molecular weight is 263 g/mol. The van der Waals surface area contributed by atoms with E-state index in [1.54, 1.807) is 6.20 Å². The average Bonchev–Trinajstić information content (AvgIpc) is 2.96. The number of imidazole rings is 1. The van der Waals surface area contributed by atoms with Crippen LogP contribution in [0.1, 0.15) is 51.4 Å². The van der Waals surface area contributed by atoms with Crippen molar-refractivity contribution in [1.29, 1.82) is 0 Å². The Bertz CT molecular complexity index is 355. The molecule has 1 aliphatic rings. The van der Waals surface area contributed by atoms with E-state index in [1.807, 2.05) is 17.1 Å². The highest BCUT2D eigenvalue weighted by Gasteiger charge is 2.14. The minimum atomic E-state index is 0.219. The molecule has 1 aliphatic carbocycles. The van der Waals surface area contributed by atoms with Gasteiger partial charge in [0.05, 0.1) is 6.33 Å². The number of carbonyl (C=O) groups excluding carboxylic acids is 1. The molecule has 0 aromatic carbocycles. The number of hydrogen-bond donors (Lipinski definition) is 1. The molecule has 1 N–H and O–H groups in total. The molecular formula is C15H25N3O. The van der Waals surface area contributed by atoms with Crippen LogP contribution in [0.15, 0.2) is 18.7 Å². The lowest BCUT2D eigenvalue weighted by Crippen LogP contribution is -2.25. The second-order valence-electron chi connectivity index (χ2n) is 5.55. The van der Waals surface area contributed by atoms with Gasteiger partial charge in [0.15, 0.2) is 0 Å². The third kappa shape index (κ3) is 5.45. The van der Waals surface area contributed by atoms with Crippen molar-refractivity contribution in [1.82, 2.24) is 14.9 Å². The Hall–Kier alpha value is -1.32. The van der Waals surface area contributed by atoms with E-state index in [4.69, 9.17) is 0 Å². The van der Waals surface area contributed by atoms with E-state index >= 15 is 0 Å². The highest BCUT2D eigenvalue weighted by atomic mass is 16.1. The first-order valence-corrected chi connectivity index (χ1v) is 7.57. The predicted molar refractivity (Wildman–Crippen MR) is 75.7 cm³/mol. The van der Waals surface area contributed by atoms with Gasteiger partial charge in [-0.3, -0.25) is 4.79 Å². The number of aryl methyl sites for hydroxylation is 1. The Kier molecular flexibility index (Phi) is 5.92. The van der Waals surface area contributed by atoms with Crippen molar-refractivity contribution in [2.75, 3.05) is 6.54 Å². The lowest BCUT2D eigenvalue weighted by molar-refractivity contribution is -0.121. The highest BCUT2D eigenvalue weighted by Crippen LogP contribution is 2.27. The van der Waals surface area contributed by atoms with Crippen LogP contribution < -0.4 is 5.32 Å². The Balaban J connectivity index is 1.49. The molecular weight excluding hydrogens is 238 g/mol. The number of carbonyl (C=O) groups is 1. The first-order valence-electron chi connectivity index (χ1n) is 7.57. The smallest absolute Gasteiger partial charge is 0.220 e. The molecule has 0 aliphatic heterocycles. The van der Waals surface area contributed by atoms with Gasteiger partial charge < -0.3 is 9.88 Å². The normalized spacial score (nSPS) is 16.4. The van der Waals surface area contributed by atoms with Gasteiger partial charge in [-0.05, 0) is 18.8 Å². The van der Waals surface area contributed by atoms with Crippen molar-refractivity contribution in [2.45, 2.75) is 57.9 Å². The Labute approximate surface area is 115 Å². The van der Waals surface area contributed by atoms with Crippen LogP contribution in [0, 0.1) is 5.92 Å². The fourth-order valence-corrected chi connectivity index (χ4v) is 2.81. The standard InChI is InChI=1S/C15H25N3O/c19-15(8-7-14-5-2-1-3-6-14)17-9-4-11-18-12-10-16-13-18/h10,12-14H,1-9,11H2,(H,17,19). The first-order chi connectivity index (χ1) is 9.34. The monoisotopic (exact) mass is 263 g/mol. The molecule has 0 atom stereocenters. The summed E-state index contributed by atoms with van der Waals surface area (Å²) < 4.78 is 2.04. The van der Waals surface area contributed by atoms with E-state index in [0.29, 0.717) is 6.42 Å². The van der Waals surface area contributed by atoms with Crippen LogP contribution >= 0.6 is 0 Å². The zero-order valence-corrected chi connectivity index (χ0v) is 11.7. The molecule has 1 aromatic rings. The molecule has 1 aromatic heterocycles. The van der Waals surface area contributed by atoms with Crippen molar-refractivity contribution in [3.8, 4) is 0 Å². The van der Waals surface area contributed by atoms with Crippen LogP contribution in [0.4, 0.5) is 0 Å². The van der Waals surface area contributed by atoms with E-state index in [0.717, 1.165) is 31.8 Å². The highest BCUT2D eigenvalue weighted by molar-refractivity contribution is 5.75. The fraction of sp³-hybridized carbons (Fsp3) is 0.733. The molecule has 4 heteroatoms. The van der Waals surface area contributed by atoms with Gasteiger partial charge in [-0.25, -0.2) is 4.98 Å². The van der Waals surface area contributed by atoms with Crippen LogP contribution in [0.5, 0.6) is 0 Å². The van der Waals surface area contributed by atoms with Crippen molar-refractivity contribution >= 4 is 5.91 Å². The van der Waals surface area contributed by atoms with Crippen LogP contribution in [0.3, 0.4) is 0 Å². The maximum atomic E-state index is 11.7. The van der Waals surface area contributed by atoms with Gasteiger partial charge in [0.2, 0.25) is 5.91 Å². The largest absolute Gasteiger partial charge is 0.356 e. The van der Waals surface area contributed by atoms with Crippen LogP contribution in [0.2, 0.25) is 0 Å². The van der Waals surface area contributed by atoms with Crippen molar-refractivity contribution < 1.29 is 4.79 Å². The van der Waals surface area contributed by atoms with Gasteiger partial charge in [0.25, 0.3) is 0 Å². The number of nitrogens with one attached hydrogen (secondary N) is 1. The summed E-state index contributed by atoms with van der Waals surface area (Å²) in [6.07, 6.45) is 15.0. The molecule has 0 saturated heterocycles. The SMILES string of the molecule is O=C(CCC1CCCCC1)NCCCn1ccnc1. The molecule has 106 valence electrons. The van der Waals surface area contributed by atoms with Gasteiger partial charge in [-0.15, -0.1) is 0 Å². The van der Waals surface area contributed by atoms with Crippen LogP contribution in [-0.4, -0.2) is 22.0 Å². The number of amides is 1. The Morgan fingerprint density at radius 1 is 1.32 bits per heavy atom. The second-order valence-corrected chi connectivity index (χ2v) is 5.55. The molecule has 1 saturated carbocycles. The predicted octanol–water partition coefficient (Wildman–Crippen LogP) is 2.75. The van der Waals surface area contributed by atoms with E-state index < -0.39 is 0 Å². The third-order valence-electron chi connectivity index (χ3n) is 3.98. The second kappa shape index (κ2) is 7.97. The number of aromatic nitrogens is 2. The molecule has 1 heterocycles. The van der Waals surface area contributed by atoms with Gasteiger partial charge in [0, 0.05) is 31.9 Å². The summed E-state index contributed by atoms with van der Waals surface area (Å²) in [5, 5.41) is 3.01. The Morgan fingerprint density at radius 3 is 2.89 bits per heavy atom. The number of hydrogen-bond acceptors (Lipinski definition) is 2. The third-order valence-corrected chi connectivity index (χ3v) is 3.98. The molecule has 4 nitrogen and oxygen atoms in total. The molecule has 1 amide bonds. The molecule has 0 unspecified atom stereocenters. The summed E-state index contributed by atoms with van der Waals surface area (Å²) >= 11 is 0. The van der Waals surface area contributed by atoms with Crippen LogP contribution in [0.25, 0.3) is 0 Å². The first kappa shape index (κ1) is 14.1. The van der Waals surface area contributed by atoms with Crippen LogP contribution in [-0.2, 0) is 11.3 Å². The van der Waals surface area contributed by atoms with Gasteiger partial charge in [-0.1, -0.05) is 32.1 Å². The molecule has 19 heavy (non-hydrogen) atoms. The van der Waals surface area contributed by atoms with E-state index in [-0.39, 0.29) is 5.91 Å².